The fraction of sp³-hybridized carbons (Fsp3) is 0.429. The van der Waals surface area contributed by atoms with Crippen molar-refractivity contribution < 1.29 is 14.7 Å². The topological polar surface area (TPSA) is 83.6 Å². The van der Waals surface area contributed by atoms with Gasteiger partial charge >= 0.3 is 5.97 Å². The van der Waals surface area contributed by atoms with Crippen LogP contribution in [0.2, 0.25) is 0 Å². The number of hydrogen-bond acceptors (Lipinski definition) is 3. The highest BCUT2D eigenvalue weighted by molar-refractivity contribution is 5.94. The van der Waals surface area contributed by atoms with Crippen LogP contribution in [0.3, 0.4) is 0 Å². The molecule has 1 aromatic carbocycles. The first kappa shape index (κ1) is 15.2. The van der Waals surface area contributed by atoms with E-state index in [9.17, 15) is 9.59 Å². The molecule has 0 aliphatic rings. The average Bonchev–Trinajstić information content (AvgIpc) is 2.26. The van der Waals surface area contributed by atoms with Crippen LogP contribution in [0.4, 0.5) is 0 Å². The molecule has 5 heteroatoms. The average molecular weight is 264 g/mol. The fourth-order valence-electron chi connectivity index (χ4n) is 1.80. The SMILES string of the molecule is CC(C)(C)N(CC(=O)O)Cc1ccccc1C(N)=O. The van der Waals surface area contributed by atoms with Crippen LogP contribution < -0.4 is 5.73 Å². The maximum atomic E-state index is 11.4. The van der Waals surface area contributed by atoms with E-state index in [1.54, 1.807) is 23.1 Å². The Balaban J connectivity index is 3.03. The zero-order valence-electron chi connectivity index (χ0n) is 11.5. The molecule has 0 atom stereocenters. The lowest BCUT2D eigenvalue weighted by Gasteiger charge is -2.34. The Labute approximate surface area is 113 Å². The van der Waals surface area contributed by atoms with Crippen molar-refractivity contribution in [3.63, 3.8) is 0 Å². The third-order valence-corrected chi connectivity index (χ3v) is 2.92. The van der Waals surface area contributed by atoms with Gasteiger partial charge in [-0.25, -0.2) is 0 Å². The number of carboxylic acids is 1. The van der Waals surface area contributed by atoms with E-state index in [2.05, 4.69) is 0 Å². The molecular formula is C14H20N2O3. The predicted octanol–water partition coefficient (Wildman–Crippen LogP) is 1.47. The normalized spacial score (nSPS) is 11.6. The number of amides is 1. The second-order valence-electron chi connectivity index (χ2n) is 5.44. The molecular weight excluding hydrogens is 244 g/mol. The zero-order valence-corrected chi connectivity index (χ0v) is 11.5. The summed E-state index contributed by atoms with van der Waals surface area (Å²) in [7, 11) is 0. The van der Waals surface area contributed by atoms with Crippen LogP contribution in [-0.4, -0.2) is 34.0 Å². The Morgan fingerprint density at radius 3 is 2.32 bits per heavy atom. The van der Waals surface area contributed by atoms with E-state index < -0.39 is 11.9 Å². The van der Waals surface area contributed by atoms with Gasteiger partial charge in [0.05, 0.1) is 6.54 Å². The minimum Gasteiger partial charge on any atom is -0.480 e. The molecule has 0 heterocycles. The first-order valence-corrected chi connectivity index (χ1v) is 6.06. The molecule has 0 saturated heterocycles. The van der Waals surface area contributed by atoms with Gasteiger partial charge in [-0.15, -0.1) is 0 Å². The minimum atomic E-state index is -0.897. The Hall–Kier alpha value is -1.88. The number of nitrogens with two attached hydrogens (primary N) is 1. The van der Waals surface area contributed by atoms with Gasteiger partial charge in [0.1, 0.15) is 0 Å². The molecule has 104 valence electrons. The molecule has 1 amide bonds. The van der Waals surface area contributed by atoms with E-state index >= 15 is 0 Å². The molecule has 19 heavy (non-hydrogen) atoms. The Morgan fingerprint density at radius 2 is 1.84 bits per heavy atom. The van der Waals surface area contributed by atoms with Crippen molar-refractivity contribution in [3.05, 3.63) is 35.4 Å². The summed E-state index contributed by atoms with van der Waals surface area (Å²) in [5.74, 6) is -1.40. The quantitative estimate of drug-likeness (QED) is 0.843. The number of benzene rings is 1. The van der Waals surface area contributed by atoms with Crippen molar-refractivity contribution >= 4 is 11.9 Å². The van der Waals surface area contributed by atoms with Crippen molar-refractivity contribution in [2.45, 2.75) is 32.9 Å². The minimum absolute atomic E-state index is 0.0867. The first-order chi connectivity index (χ1) is 8.71. The lowest BCUT2D eigenvalue weighted by atomic mass is 10.0. The molecule has 1 rings (SSSR count). The van der Waals surface area contributed by atoms with Gasteiger partial charge < -0.3 is 10.8 Å². The molecule has 0 aliphatic heterocycles. The lowest BCUT2D eigenvalue weighted by Crippen LogP contribution is -2.44. The Bertz CT molecular complexity index is 478. The largest absolute Gasteiger partial charge is 0.480 e. The summed E-state index contributed by atoms with van der Waals surface area (Å²) in [5, 5.41) is 8.97. The van der Waals surface area contributed by atoms with E-state index in [0.29, 0.717) is 12.1 Å². The Morgan fingerprint density at radius 1 is 1.26 bits per heavy atom. The molecule has 1 aromatic rings. The van der Waals surface area contributed by atoms with Gasteiger partial charge in [0.15, 0.2) is 0 Å². The van der Waals surface area contributed by atoms with Crippen LogP contribution in [0.25, 0.3) is 0 Å². The molecule has 0 aromatic heterocycles. The molecule has 0 unspecified atom stereocenters. The summed E-state index contributed by atoms with van der Waals surface area (Å²) in [4.78, 5) is 24.1. The maximum Gasteiger partial charge on any atom is 0.317 e. The standard InChI is InChI=1S/C14H20N2O3/c1-14(2,3)16(9-12(17)18)8-10-6-4-5-7-11(10)13(15)19/h4-7H,8-9H2,1-3H3,(H2,15,19)(H,17,18). The second-order valence-corrected chi connectivity index (χ2v) is 5.44. The number of primary amides is 1. The van der Waals surface area contributed by atoms with Gasteiger partial charge in [-0.05, 0) is 32.4 Å². The molecule has 0 aliphatic carbocycles. The Kier molecular flexibility index (Phi) is 4.67. The number of nitrogens with zero attached hydrogens (tertiary/aromatic N) is 1. The summed E-state index contributed by atoms with van der Waals surface area (Å²) >= 11 is 0. The van der Waals surface area contributed by atoms with Crippen molar-refractivity contribution in [3.8, 4) is 0 Å². The number of carbonyl (C=O) groups is 2. The van der Waals surface area contributed by atoms with E-state index in [1.165, 1.54) is 0 Å². The van der Waals surface area contributed by atoms with E-state index in [-0.39, 0.29) is 12.1 Å². The molecule has 5 nitrogen and oxygen atoms in total. The van der Waals surface area contributed by atoms with E-state index in [1.807, 2.05) is 26.8 Å². The lowest BCUT2D eigenvalue weighted by molar-refractivity contribution is -0.139. The van der Waals surface area contributed by atoms with Crippen molar-refractivity contribution in [2.24, 2.45) is 5.73 Å². The van der Waals surface area contributed by atoms with Gasteiger partial charge in [-0.3, -0.25) is 14.5 Å². The fourth-order valence-corrected chi connectivity index (χ4v) is 1.80. The molecule has 0 radical (unpaired) electrons. The zero-order chi connectivity index (χ0) is 14.6. The van der Waals surface area contributed by atoms with Crippen molar-refractivity contribution in [2.75, 3.05) is 6.54 Å². The first-order valence-electron chi connectivity index (χ1n) is 6.06. The molecule has 0 saturated carbocycles. The van der Waals surface area contributed by atoms with Gasteiger partial charge in [-0.1, -0.05) is 18.2 Å². The number of carboxylic acid groups (broad SMARTS) is 1. The van der Waals surface area contributed by atoms with Crippen LogP contribution in [0.5, 0.6) is 0 Å². The molecule has 0 bridgehead atoms. The van der Waals surface area contributed by atoms with Gasteiger partial charge in [-0.2, -0.15) is 0 Å². The number of carbonyl (C=O) groups excluding carboxylic acids is 1. The summed E-state index contributed by atoms with van der Waals surface area (Å²) in [6.07, 6.45) is 0. The van der Waals surface area contributed by atoms with Crippen molar-refractivity contribution in [1.82, 2.24) is 4.90 Å². The third kappa shape index (κ3) is 4.37. The van der Waals surface area contributed by atoms with Gasteiger partial charge in [0.25, 0.3) is 0 Å². The number of hydrogen-bond donors (Lipinski definition) is 2. The summed E-state index contributed by atoms with van der Waals surface area (Å²) in [6, 6.07) is 6.99. The van der Waals surface area contributed by atoms with Gasteiger partial charge in [0, 0.05) is 17.6 Å². The van der Waals surface area contributed by atoms with Crippen LogP contribution in [0.15, 0.2) is 24.3 Å². The monoisotopic (exact) mass is 264 g/mol. The van der Waals surface area contributed by atoms with Gasteiger partial charge in [0.2, 0.25) is 5.91 Å². The van der Waals surface area contributed by atoms with E-state index in [4.69, 9.17) is 10.8 Å². The highest BCUT2D eigenvalue weighted by Gasteiger charge is 2.24. The number of aliphatic carboxylic acids is 1. The van der Waals surface area contributed by atoms with Crippen LogP contribution in [0.1, 0.15) is 36.7 Å². The molecule has 0 fully saturated rings. The highest BCUT2D eigenvalue weighted by atomic mass is 16.4. The smallest absolute Gasteiger partial charge is 0.317 e. The predicted molar refractivity (Wildman–Crippen MR) is 72.8 cm³/mol. The number of rotatable bonds is 5. The molecule has 0 spiro atoms. The highest BCUT2D eigenvalue weighted by Crippen LogP contribution is 2.19. The molecule has 3 N–H and O–H groups in total. The van der Waals surface area contributed by atoms with E-state index in [0.717, 1.165) is 5.56 Å². The summed E-state index contributed by atoms with van der Waals surface area (Å²) < 4.78 is 0. The third-order valence-electron chi connectivity index (χ3n) is 2.92. The summed E-state index contributed by atoms with van der Waals surface area (Å²) in [5.41, 5.74) is 6.18. The summed E-state index contributed by atoms with van der Waals surface area (Å²) in [6.45, 7) is 6.08. The second kappa shape index (κ2) is 5.84. The maximum absolute atomic E-state index is 11.4. The van der Waals surface area contributed by atoms with Crippen LogP contribution >= 0.6 is 0 Å². The van der Waals surface area contributed by atoms with Crippen molar-refractivity contribution in [1.29, 1.82) is 0 Å². The van der Waals surface area contributed by atoms with Crippen LogP contribution in [-0.2, 0) is 11.3 Å². The van der Waals surface area contributed by atoms with Crippen LogP contribution in [0, 0.1) is 0 Å².